The molecular weight excluding hydrogens is 270 g/mol. The molecule has 0 unspecified atom stereocenters. The van der Waals surface area contributed by atoms with Crippen LogP contribution in [0.1, 0.15) is 30.1 Å². The van der Waals surface area contributed by atoms with Crippen LogP contribution in [0.2, 0.25) is 0 Å². The van der Waals surface area contributed by atoms with Crippen molar-refractivity contribution in [3.63, 3.8) is 0 Å². The number of rotatable bonds is 3. The summed E-state index contributed by atoms with van der Waals surface area (Å²) in [5, 5.41) is 3.55. The van der Waals surface area contributed by atoms with Gasteiger partial charge in [-0.25, -0.2) is 4.79 Å². The highest BCUT2D eigenvalue weighted by Gasteiger charge is 2.25. The summed E-state index contributed by atoms with van der Waals surface area (Å²) in [6.07, 6.45) is 1.94. The van der Waals surface area contributed by atoms with Gasteiger partial charge in [-0.2, -0.15) is 0 Å². The number of benzene rings is 1. The van der Waals surface area contributed by atoms with Crippen molar-refractivity contribution in [1.82, 2.24) is 5.32 Å². The molecule has 2 atom stereocenters. The first-order chi connectivity index (χ1) is 10.1. The lowest BCUT2D eigenvalue weighted by atomic mass is 10.1. The van der Waals surface area contributed by atoms with E-state index in [4.69, 9.17) is 9.15 Å². The molecule has 0 spiro atoms. The monoisotopic (exact) mass is 287 g/mol. The zero-order chi connectivity index (χ0) is 14.8. The molecule has 1 aromatic heterocycles. The number of carbonyl (C=O) groups is 1. The highest BCUT2D eigenvalue weighted by atomic mass is 16.5. The van der Waals surface area contributed by atoms with Gasteiger partial charge in [0.2, 0.25) is 0 Å². The summed E-state index contributed by atoms with van der Waals surface area (Å²) < 4.78 is 10.7. The Labute approximate surface area is 121 Å². The Morgan fingerprint density at radius 3 is 2.95 bits per heavy atom. The van der Waals surface area contributed by atoms with Crippen LogP contribution < -0.4 is 10.9 Å². The van der Waals surface area contributed by atoms with Crippen LogP contribution in [-0.4, -0.2) is 24.7 Å². The maximum atomic E-state index is 12.2. The van der Waals surface area contributed by atoms with E-state index in [-0.39, 0.29) is 17.7 Å². The van der Waals surface area contributed by atoms with E-state index >= 15 is 0 Å². The lowest BCUT2D eigenvalue weighted by Crippen LogP contribution is -2.42. The van der Waals surface area contributed by atoms with Gasteiger partial charge in [0.05, 0.1) is 12.1 Å². The van der Waals surface area contributed by atoms with Crippen LogP contribution in [0.25, 0.3) is 11.0 Å². The van der Waals surface area contributed by atoms with Gasteiger partial charge in [0.15, 0.2) is 0 Å². The van der Waals surface area contributed by atoms with Gasteiger partial charge in [0.25, 0.3) is 5.91 Å². The fourth-order valence-corrected chi connectivity index (χ4v) is 2.59. The molecule has 21 heavy (non-hydrogen) atoms. The molecule has 3 rings (SSSR count). The number of para-hydroxylation sites is 1. The van der Waals surface area contributed by atoms with Crippen molar-refractivity contribution in [2.24, 2.45) is 0 Å². The lowest BCUT2D eigenvalue weighted by Gasteiger charge is -2.19. The number of nitrogens with one attached hydrogen (secondary N) is 1. The molecule has 5 nitrogen and oxygen atoms in total. The molecule has 2 aromatic rings. The molecule has 0 aliphatic carbocycles. The third-order valence-electron chi connectivity index (χ3n) is 3.77. The van der Waals surface area contributed by atoms with Gasteiger partial charge in [-0.3, -0.25) is 4.79 Å². The van der Waals surface area contributed by atoms with E-state index in [2.05, 4.69) is 5.32 Å². The second-order valence-electron chi connectivity index (χ2n) is 5.30. The Bertz CT molecular complexity index is 716. The summed E-state index contributed by atoms with van der Waals surface area (Å²) in [6, 6.07) is 8.56. The van der Waals surface area contributed by atoms with Crippen molar-refractivity contribution in [3.05, 3.63) is 46.3 Å². The van der Waals surface area contributed by atoms with Crippen molar-refractivity contribution >= 4 is 16.9 Å². The summed E-state index contributed by atoms with van der Waals surface area (Å²) in [6.45, 7) is 2.61. The molecule has 2 heterocycles. The largest absolute Gasteiger partial charge is 0.422 e. The third kappa shape index (κ3) is 2.83. The van der Waals surface area contributed by atoms with E-state index < -0.39 is 11.5 Å². The number of amides is 1. The van der Waals surface area contributed by atoms with Gasteiger partial charge in [0, 0.05) is 12.0 Å². The molecule has 0 saturated carbocycles. The molecule has 0 bridgehead atoms. The Hall–Kier alpha value is -2.14. The van der Waals surface area contributed by atoms with Crippen LogP contribution in [0, 0.1) is 0 Å². The normalized spacial score (nSPS) is 19.6. The van der Waals surface area contributed by atoms with E-state index in [0.29, 0.717) is 5.58 Å². The molecular formula is C16H17NO4. The first-order valence-corrected chi connectivity index (χ1v) is 7.10. The number of ether oxygens (including phenoxy) is 1. The smallest absolute Gasteiger partial charge is 0.349 e. The predicted octanol–water partition coefficient (Wildman–Crippen LogP) is 2.09. The van der Waals surface area contributed by atoms with Gasteiger partial charge in [-0.1, -0.05) is 18.2 Å². The van der Waals surface area contributed by atoms with E-state index in [1.165, 1.54) is 0 Å². The second kappa shape index (κ2) is 5.69. The van der Waals surface area contributed by atoms with Crippen molar-refractivity contribution < 1.29 is 13.9 Å². The second-order valence-corrected chi connectivity index (χ2v) is 5.30. The topological polar surface area (TPSA) is 68.5 Å². The van der Waals surface area contributed by atoms with Gasteiger partial charge in [-0.05, 0) is 31.9 Å². The standard InChI is InChI=1S/C16H17NO4/c1-10(13-7-4-8-20-13)17-15(18)12-9-11-5-2-3-6-14(11)21-16(12)19/h2-3,5-6,9-10,13H,4,7-8H2,1H3,(H,17,18)/t10-,13-/m0/s1. The van der Waals surface area contributed by atoms with E-state index in [1.54, 1.807) is 24.3 Å². The first-order valence-electron chi connectivity index (χ1n) is 7.10. The fraction of sp³-hybridized carbons (Fsp3) is 0.375. The van der Waals surface area contributed by atoms with Crippen molar-refractivity contribution in [2.45, 2.75) is 31.9 Å². The van der Waals surface area contributed by atoms with Crippen molar-refractivity contribution in [1.29, 1.82) is 0 Å². The van der Waals surface area contributed by atoms with Crippen LogP contribution in [0.3, 0.4) is 0 Å². The van der Waals surface area contributed by atoms with Gasteiger partial charge in [-0.15, -0.1) is 0 Å². The summed E-state index contributed by atoms with van der Waals surface area (Å²) in [5.41, 5.74) is -0.115. The quantitative estimate of drug-likeness (QED) is 0.878. The molecule has 0 radical (unpaired) electrons. The summed E-state index contributed by atoms with van der Waals surface area (Å²) in [7, 11) is 0. The van der Waals surface area contributed by atoms with Crippen LogP contribution in [0.4, 0.5) is 0 Å². The zero-order valence-electron chi connectivity index (χ0n) is 11.8. The average molecular weight is 287 g/mol. The molecule has 1 aliphatic heterocycles. The van der Waals surface area contributed by atoms with Crippen molar-refractivity contribution in [3.8, 4) is 0 Å². The zero-order valence-corrected chi connectivity index (χ0v) is 11.8. The maximum Gasteiger partial charge on any atom is 0.349 e. The third-order valence-corrected chi connectivity index (χ3v) is 3.77. The molecule has 1 N–H and O–H groups in total. The van der Waals surface area contributed by atoms with E-state index in [9.17, 15) is 9.59 Å². The van der Waals surface area contributed by atoms with Crippen LogP contribution >= 0.6 is 0 Å². The number of carbonyl (C=O) groups excluding carboxylic acids is 1. The molecule has 1 amide bonds. The molecule has 1 saturated heterocycles. The summed E-state index contributed by atoms with van der Waals surface area (Å²) in [5.74, 6) is -0.419. The van der Waals surface area contributed by atoms with Gasteiger partial charge in [0.1, 0.15) is 11.1 Å². The predicted molar refractivity (Wildman–Crippen MR) is 78.4 cm³/mol. The van der Waals surface area contributed by atoms with E-state index in [0.717, 1.165) is 24.8 Å². The van der Waals surface area contributed by atoms with Crippen LogP contribution in [0.5, 0.6) is 0 Å². The summed E-state index contributed by atoms with van der Waals surface area (Å²) in [4.78, 5) is 24.2. The Morgan fingerprint density at radius 1 is 1.38 bits per heavy atom. The minimum atomic E-state index is -0.620. The fourth-order valence-electron chi connectivity index (χ4n) is 2.59. The minimum Gasteiger partial charge on any atom is -0.422 e. The van der Waals surface area contributed by atoms with Gasteiger partial charge < -0.3 is 14.5 Å². The number of fused-ring (bicyclic) bond motifs is 1. The highest BCUT2D eigenvalue weighted by Crippen LogP contribution is 2.16. The van der Waals surface area contributed by atoms with Crippen LogP contribution in [0.15, 0.2) is 39.5 Å². The SMILES string of the molecule is C[C@H](NC(=O)c1cc2ccccc2oc1=O)[C@@H]1CCCO1. The van der Waals surface area contributed by atoms with Gasteiger partial charge >= 0.3 is 5.63 Å². The van der Waals surface area contributed by atoms with E-state index in [1.807, 2.05) is 13.0 Å². The Morgan fingerprint density at radius 2 is 2.19 bits per heavy atom. The molecule has 1 fully saturated rings. The molecule has 1 aliphatic rings. The molecule has 5 heteroatoms. The number of hydrogen-bond acceptors (Lipinski definition) is 4. The maximum absolute atomic E-state index is 12.2. The highest BCUT2D eigenvalue weighted by molar-refractivity contribution is 5.96. The first kappa shape index (κ1) is 13.8. The number of hydrogen-bond donors (Lipinski definition) is 1. The lowest BCUT2D eigenvalue weighted by molar-refractivity contribution is 0.0710. The molecule has 1 aromatic carbocycles. The summed E-state index contributed by atoms with van der Waals surface area (Å²) >= 11 is 0. The van der Waals surface area contributed by atoms with Crippen molar-refractivity contribution in [2.75, 3.05) is 6.61 Å². The molecule has 110 valence electrons. The Balaban J connectivity index is 1.83. The minimum absolute atomic E-state index is 0.0152. The average Bonchev–Trinajstić information content (AvgIpc) is 3.00. The van der Waals surface area contributed by atoms with Crippen LogP contribution in [-0.2, 0) is 4.74 Å². The Kier molecular flexibility index (Phi) is 3.75.